The Bertz CT molecular complexity index is 413. The zero-order chi connectivity index (χ0) is 13.0. The smallest absolute Gasteiger partial charge is 0.142 e. The fourth-order valence-electron chi connectivity index (χ4n) is 1.60. The molecule has 0 aliphatic rings. The Morgan fingerprint density at radius 2 is 2.18 bits per heavy atom. The highest BCUT2D eigenvalue weighted by molar-refractivity contribution is 5.54. The standard InChI is InChI=1S/C12H21N5/c1-9(2)16(4)7-6-14-12-11(8-13)10(3)15-17(12)5/h9,14H,6-7H2,1-5H3. The van der Waals surface area contributed by atoms with Crippen LogP contribution in [0.3, 0.4) is 0 Å². The molecule has 5 heteroatoms. The van der Waals surface area contributed by atoms with Gasteiger partial charge in [0.2, 0.25) is 0 Å². The van der Waals surface area contributed by atoms with Crippen LogP contribution in [0.4, 0.5) is 5.82 Å². The third kappa shape index (κ3) is 3.21. The van der Waals surface area contributed by atoms with E-state index in [4.69, 9.17) is 5.26 Å². The van der Waals surface area contributed by atoms with Crippen molar-refractivity contribution in [3.63, 3.8) is 0 Å². The molecule has 0 atom stereocenters. The molecule has 17 heavy (non-hydrogen) atoms. The number of anilines is 1. The maximum Gasteiger partial charge on any atom is 0.142 e. The van der Waals surface area contributed by atoms with E-state index in [9.17, 15) is 0 Å². The van der Waals surface area contributed by atoms with Crippen molar-refractivity contribution in [3.05, 3.63) is 11.3 Å². The van der Waals surface area contributed by atoms with Crippen molar-refractivity contribution in [3.8, 4) is 6.07 Å². The van der Waals surface area contributed by atoms with Crippen molar-refractivity contribution in [2.75, 3.05) is 25.5 Å². The minimum Gasteiger partial charge on any atom is -0.368 e. The van der Waals surface area contributed by atoms with E-state index in [2.05, 4.69) is 42.3 Å². The van der Waals surface area contributed by atoms with Gasteiger partial charge in [0.05, 0.1) is 5.69 Å². The summed E-state index contributed by atoms with van der Waals surface area (Å²) in [5, 5.41) is 16.6. The van der Waals surface area contributed by atoms with Gasteiger partial charge in [-0.3, -0.25) is 4.68 Å². The number of aromatic nitrogens is 2. The second-order valence-corrected chi connectivity index (χ2v) is 4.55. The average molecular weight is 235 g/mol. The van der Waals surface area contributed by atoms with Crippen LogP contribution in [0.2, 0.25) is 0 Å². The third-order valence-electron chi connectivity index (χ3n) is 2.97. The maximum absolute atomic E-state index is 9.06. The molecule has 0 bridgehead atoms. The van der Waals surface area contributed by atoms with Crippen LogP contribution in [-0.2, 0) is 7.05 Å². The summed E-state index contributed by atoms with van der Waals surface area (Å²) in [6.45, 7) is 7.92. The lowest BCUT2D eigenvalue weighted by Gasteiger charge is -2.21. The van der Waals surface area contributed by atoms with Crippen molar-refractivity contribution in [2.45, 2.75) is 26.8 Å². The highest BCUT2D eigenvalue weighted by Crippen LogP contribution is 2.16. The van der Waals surface area contributed by atoms with E-state index >= 15 is 0 Å². The molecule has 0 aliphatic heterocycles. The first-order chi connectivity index (χ1) is 7.97. The van der Waals surface area contributed by atoms with E-state index in [0.29, 0.717) is 11.6 Å². The van der Waals surface area contributed by atoms with Gasteiger partial charge >= 0.3 is 0 Å². The fraction of sp³-hybridized carbons (Fsp3) is 0.667. The van der Waals surface area contributed by atoms with Gasteiger partial charge in [0.15, 0.2) is 0 Å². The summed E-state index contributed by atoms with van der Waals surface area (Å²) in [5.41, 5.74) is 1.41. The SMILES string of the molecule is Cc1nn(C)c(NCCN(C)C(C)C)c1C#N. The Balaban J connectivity index is 2.61. The lowest BCUT2D eigenvalue weighted by molar-refractivity contribution is 0.284. The molecule has 1 heterocycles. The molecule has 94 valence electrons. The van der Waals surface area contributed by atoms with E-state index in [1.807, 2.05) is 14.0 Å². The predicted octanol–water partition coefficient (Wildman–Crippen LogP) is 1.35. The molecule has 1 N–H and O–H groups in total. The number of rotatable bonds is 5. The van der Waals surface area contributed by atoms with Gasteiger partial charge in [-0.05, 0) is 27.8 Å². The highest BCUT2D eigenvalue weighted by Gasteiger charge is 2.12. The van der Waals surface area contributed by atoms with Gasteiger partial charge < -0.3 is 10.2 Å². The zero-order valence-electron chi connectivity index (χ0n) is 11.3. The third-order valence-corrected chi connectivity index (χ3v) is 2.97. The Morgan fingerprint density at radius 1 is 1.53 bits per heavy atom. The van der Waals surface area contributed by atoms with Crippen LogP contribution < -0.4 is 5.32 Å². The first-order valence-corrected chi connectivity index (χ1v) is 5.85. The molecular weight excluding hydrogens is 214 g/mol. The number of nitrogens with zero attached hydrogens (tertiary/aromatic N) is 4. The van der Waals surface area contributed by atoms with Crippen LogP contribution in [0, 0.1) is 18.3 Å². The lowest BCUT2D eigenvalue weighted by atomic mass is 10.2. The first kappa shape index (κ1) is 13.5. The molecule has 0 unspecified atom stereocenters. The van der Waals surface area contributed by atoms with Gasteiger partial charge in [0.1, 0.15) is 17.5 Å². The van der Waals surface area contributed by atoms with E-state index in [1.165, 1.54) is 0 Å². The number of hydrogen-bond acceptors (Lipinski definition) is 4. The van der Waals surface area contributed by atoms with Crippen LogP contribution in [0.5, 0.6) is 0 Å². The first-order valence-electron chi connectivity index (χ1n) is 5.85. The largest absolute Gasteiger partial charge is 0.368 e. The van der Waals surface area contributed by atoms with E-state index in [1.54, 1.807) is 4.68 Å². The molecule has 0 aliphatic carbocycles. The summed E-state index contributed by atoms with van der Waals surface area (Å²) in [7, 11) is 3.94. The van der Waals surface area contributed by atoms with Crippen molar-refractivity contribution < 1.29 is 0 Å². The topological polar surface area (TPSA) is 56.9 Å². The Kier molecular flexibility index (Phi) is 4.53. The number of hydrogen-bond donors (Lipinski definition) is 1. The van der Waals surface area contributed by atoms with Crippen molar-refractivity contribution in [1.82, 2.24) is 14.7 Å². The van der Waals surface area contributed by atoms with Gasteiger partial charge in [-0.2, -0.15) is 10.4 Å². The summed E-state index contributed by atoms with van der Waals surface area (Å²) in [4.78, 5) is 2.25. The molecule has 1 aromatic rings. The minimum absolute atomic E-state index is 0.528. The van der Waals surface area contributed by atoms with Crippen molar-refractivity contribution in [2.24, 2.45) is 7.05 Å². The second-order valence-electron chi connectivity index (χ2n) is 4.55. The molecule has 0 fully saturated rings. The number of nitrogens with one attached hydrogen (secondary N) is 1. The van der Waals surface area contributed by atoms with Crippen LogP contribution >= 0.6 is 0 Å². The van der Waals surface area contributed by atoms with Crippen molar-refractivity contribution in [1.29, 1.82) is 5.26 Å². The normalized spacial score (nSPS) is 10.9. The quantitative estimate of drug-likeness (QED) is 0.837. The summed E-state index contributed by atoms with van der Waals surface area (Å²) >= 11 is 0. The van der Waals surface area contributed by atoms with Gasteiger partial charge in [0, 0.05) is 26.2 Å². The Hall–Kier alpha value is -1.54. The molecule has 5 nitrogen and oxygen atoms in total. The molecule has 0 spiro atoms. The molecule has 0 saturated carbocycles. The molecule has 0 saturated heterocycles. The summed E-state index contributed by atoms with van der Waals surface area (Å²) < 4.78 is 1.73. The van der Waals surface area contributed by atoms with Gasteiger partial charge in [-0.25, -0.2) is 0 Å². The van der Waals surface area contributed by atoms with E-state index in [-0.39, 0.29) is 0 Å². The average Bonchev–Trinajstić information content (AvgIpc) is 2.53. The van der Waals surface area contributed by atoms with E-state index < -0.39 is 0 Å². The Morgan fingerprint density at radius 3 is 2.71 bits per heavy atom. The van der Waals surface area contributed by atoms with Crippen molar-refractivity contribution >= 4 is 5.82 Å². The molecule has 1 aromatic heterocycles. The predicted molar refractivity (Wildman–Crippen MR) is 68.9 cm³/mol. The number of nitriles is 1. The summed E-state index contributed by atoms with van der Waals surface area (Å²) in [6, 6.07) is 2.71. The van der Waals surface area contributed by atoms with Gasteiger partial charge in [-0.15, -0.1) is 0 Å². The molecule has 0 aromatic carbocycles. The Labute approximate surface area is 103 Å². The van der Waals surface area contributed by atoms with Crippen LogP contribution in [-0.4, -0.2) is 40.9 Å². The highest BCUT2D eigenvalue weighted by atomic mass is 15.3. The minimum atomic E-state index is 0.528. The lowest BCUT2D eigenvalue weighted by Crippen LogP contribution is -2.31. The molecule has 1 rings (SSSR count). The second kappa shape index (κ2) is 5.69. The van der Waals surface area contributed by atoms with Crippen LogP contribution in [0.1, 0.15) is 25.1 Å². The van der Waals surface area contributed by atoms with Gasteiger partial charge in [-0.1, -0.05) is 0 Å². The summed E-state index contributed by atoms with van der Waals surface area (Å²) in [6.07, 6.45) is 0. The van der Waals surface area contributed by atoms with Crippen LogP contribution in [0.15, 0.2) is 0 Å². The maximum atomic E-state index is 9.06. The summed E-state index contributed by atoms with van der Waals surface area (Å²) in [5.74, 6) is 0.808. The molecular formula is C12H21N5. The molecule has 0 amide bonds. The molecule has 0 radical (unpaired) electrons. The number of aryl methyl sites for hydroxylation is 2. The van der Waals surface area contributed by atoms with Crippen LogP contribution in [0.25, 0.3) is 0 Å². The van der Waals surface area contributed by atoms with Gasteiger partial charge in [0.25, 0.3) is 0 Å². The number of likely N-dealkylation sites (N-methyl/N-ethyl adjacent to an activating group) is 1. The fourth-order valence-corrected chi connectivity index (χ4v) is 1.60. The zero-order valence-corrected chi connectivity index (χ0v) is 11.3. The van der Waals surface area contributed by atoms with E-state index in [0.717, 1.165) is 24.6 Å². The monoisotopic (exact) mass is 235 g/mol.